The summed E-state index contributed by atoms with van der Waals surface area (Å²) >= 11 is 0. The Morgan fingerprint density at radius 1 is 0.821 bits per heavy atom. The van der Waals surface area contributed by atoms with Gasteiger partial charge < -0.3 is 15.3 Å². The minimum absolute atomic E-state index is 0.0340. The number of aliphatic carboxylic acids is 1. The third kappa shape index (κ3) is 6.70. The molecule has 9 heteroatoms. The normalized spacial score (nSPS) is 10.6. The largest absolute Gasteiger partial charge is 0.481 e. The Morgan fingerprint density at radius 3 is 2.10 bits per heavy atom. The number of nitrogens with zero attached hydrogens (tertiary/aromatic N) is 2. The van der Waals surface area contributed by atoms with Gasteiger partial charge in [-0.25, -0.2) is 8.78 Å². The predicted octanol–water partition coefficient (Wildman–Crippen LogP) is 5.07. The predicted molar refractivity (Wildman–Crippen MR) is 141 cm³/mol. The van der Waals surface area contributed by atoms with E-state index in [0.29, 0.717) is 11.1 Å². The zero-order valence-electron chi connectivity index (χ0n) is 20.8. The molecule has 0 spiro atoms. The first kappa shape index (κ1) is 27.1. The minimum Gasteiger partial charge on any atom is -0.481 e. The number of rotatable bonds is 10. The summed E-state index contributed by atoms with van der Waals surface area (Å²) in [5, 5.41) is 11.8. The molecule has 0 aliphatic carbocycles. The lowest BCUT2D eigenvalue weighted by Crippen LogP contribution is -2.33. The lowest BCUT2D eigenvalue weighted by atomic mass is 9.94. The molecule has 0 radical (unpaired) electrons. The molecule has 4 rings (SSSR count). The van der Waals surface area contributed by atoms with Crippen LogP contribution in [0.15, 0.2) is 91.3 Å². The number of benzene rings is 3. The summed E-state index contributed by atoms with van der Waals surface area (Å²) < 4.78 is 28.1. The van der Waals surface area contributed by atoms with Crippen LogP contribution in [-0.2, 0) is 17.9 Å². The molecule has 0 aliphatic rings. The number of hydrogen-bond acceptors (Lipinski definition) is 4. The van der Waals surface area contributed by atoms with Crippen LogP contribution in [0.3, 0.4) is 0 Å². The van der Waals surface area contributed by atoms with Gasteiger partial charge in [0.25, 0.3) is 11.8 Å². The Kier molecular flexibility index (Phi) is 8.73. The molecule has 1 aromatic heterocycles. The summed E-state index contributed by atoms with van der Waals surface area (Å²) in [6, 6.07) is 20.3. The molecular formula is C30H25F2N3O4. The Labute approximate surface area is 223 Å². The third-order valence-corrected chi connectivity index (χ3v) is 6.09. The Balaban J connectivity index is 1.65. The Morgan fingerprint density at radius 2 is 1.46 bits per heavy atom. The van der Waals surface area contributed by atoms with Crippen molar-refractivity contribution in [3.05, 3.63) is 125 Å². The molecule has 1 heterocycles. The zero-order valence-corrected chi connectivity index (χ0v) is 20.8. The lowest BCUT2D eigenvalue weighted by molar-refractivity contribution is -0.137. The topological polar surface area (TPSA) is 99.6 Å². The van der Waals surface area contributed by atoms with Crippen molar-refractivity contribution in [1.82, 2.24) is 15.2 Å². The summed E-state index contributed by atoms with van der Waals surface area (Å²) in [4.78, 5) is 43.7. The number of carboxylic acids is 1. The van der Waals surface area contributed by atoms with Gasteiger partial charge in [-0.05, 0) is 47.0 Å². The highest BCUT2D eigenvalue weighted by Gasteiger charge is 2.23. The number of carboxylic acid groups (broad SMARTS) is 1. The molecule has 0 aliphatic heterocycles. The summed E-state index contributed by atoms with van der Waals surface area (Å²) in [6.45, 7) is -0.251. The second-order valence-electron chi connectivity index (χ2n) is 8.71. The highest BCUT2D eigenvalue weighted by atomic mass is 19.1. The summed E-state index contributed by atoms with van der Waals surface area (Å²) in [5.74, 6) is -3.57. The van der Waals surface area contributed by atoms with Crippen molar-refractivity contribution < 1.29 is 28.3 Å². The minimum atomic E-state index is -1.04. The van der Waals surface area contributed by atoms with E-state index in [2.05, 4.69) is 10.3 Å². The third-order valence-electron chi connectivity index (χ3n) is 6.09. The molecule has 0 unspecified atom stereocenters. The Bertz CT molecular complexity index is 1470. The van der Waals surface area contributed by atoms with E-state index in [1.807, 2.05) is 0 Å². The van der Waals surface area contributed by atoms with Crippen LogP contribution < -0.4 is 5.32 Å². The summed E-state index contributed by atoms with van der Waals surface area (Å²) in [5.41, 5.74) is 1.84. The van der Waals surface area contributed by atoms with Crippen LogP contribution in [0.1, 0.15) is 38.3 Å². The second-order valence-corrected chi connectivity index (χ2v) is 8.71. The van der Waals surface area contributed by atoms with Crippen molar-refractivity contribution in [2.75, 3.05) is 6.54 Å². The molecule has 0 saturated carbocycles. The molecule has 0 bridgehead atoms. The maximum absolute atomic E-state index is 14.1. The monoisotopic (exact) mass is 529 g/mol. The first-order chi connectivity index (χ1) is 18.8. The van der Waals surface area contributed by atoms with Gasteiger partial charge in [0.05, 0.1) is 6.42 Å². The van der Waals surface area contributed by atoms with Gasteiger partial charge in [-0.15, -0.1) is 0 Å². The molecule has 198 valence electrons. The van der Waals surface area contributed by atoms with Gasteiger partial charge in [-0.3, -0.25) is 19.4 Å². The maximum atomic E-state index is 14.1. The van der Waals surface area contributed by atoms with Crippen molar-refractivity contribution in [1.29, 1.82) is 0 Å². The van der Waals surface area contributed by atoms with Crippen LogP contribution in [0.5, 0.6) is 0 Å². The van der Waals surface area contributed by atoms with Gasteiger partial charge in [-0.1, -0.05) is 48.5 Å². The van der Waals surface area contributed by atoms with Crippen molar-refractivity contribution >= 4 is 17.8 Å². The zero-order chi connectivity index (χ0) is 27.8. The summed E-state index contributed by atoms with van der Waals surface area (Å²) in [7, 11) is 0. The lowest BCUT2D eigenvalue weighted by Gasteiger charge is -2.24. The number of aromatic nitrogens is 1. The van der Waals surface area contributed by atoms with Crippen LogP contribution in [-0.4, -0.2) is 39.3 Å². The SMILES string of the molecule is O=C(O)CCN(Cc1cccnc1)C(=O)c1ccccc1-c1ccccc1C(=O)NCc1c(F)cccc1F. The fourth-order valence-electron chi connectivity index (χ4n) is 4.15. The molecular weight excluding hydrogens is 504 g/mol. The highest BCUT2D eigenvalue weighted by molar-refractivity contribution is 6.06. The first-order valence-electron chi connectivity index (χ1n) is 12.1. The van der Waals surface area contributed by atoms with Crippen LogP contribution in [0, 0.1) is 11.6 Å². The van der Waals surface area contributed by atoms with E-state index >= 15 is 0 Å². The molecule has 2 N–H and O–H groups in total. The van der Waals surface area contributed by atoms with Crippen molar-refractivity contribution in [2.45, 2.75) is 19.5 Å². The Hall–Kier alpha value is -4.92. The van der Waals surface area contributed by atoms with E-state index in [0.717, 1.165) is 17.7 Å². The standard InChI is InChI=1S/C30H25F2N3O4/c31-26-12-5-13-27(32)25(26)18-34-29(38)23-10-3-1-8-21(23)22-9-2-4-11-24(22)30(39)35(16-14-28(36)37)19-20-7-6-15-33-17-20/h1-13,15,17H,14,16,18-19H2,(H,34,38)(H,36,37). The van der Waals surface area contributed by atoms with Gasteiger partial charge >= 0.3 is 5.97 Å². The molecule has 7 nitrogen and oxygen atoms in total. The molecule has 3 aromatic carbocycles. The van der Waals surface area contributed by atoms with Gasteiger partial charge in [-0.2, -0.15) is 0 Å². The van der Waals surface area contributed by atoms with Crippen molar-refractivity contribution in [2.24, 2.45) is 0 Å². The molecule has 4 aromatic rings. The van der Waals surface area contributed by atoms with E-state index < -0.39 is 29.4 Å². The smallest absolute Gasteiger partial charge is 0.305 e. The first-order valence-corrected chi connectivity index (χ1v) is 12.1. The average molecular weight is 530 g/mol. The number of amides is 2. The van der Waals surface area contributed by atoms with E-state index in [4.69, 9.17) is 0 Å². The summed E-state index contributed by atoms with van der Waals surface area (Å²) in [6.07, 6.45) is 2.95. The number of halogens is 2. The molecule has 0 atom stereocenters. The van der Waals surface area contributed by atoms with E-state index in [1.54, 1.807) is 73.1 Å². The van der Waals surface area contributed by atoms with E-state index in [9.17, 15) is 28.3 Å². The van der Waals surface area contributed by atoms with E-state index in [1.165, 1.54) is 11.0 Å². The van der Waals surface area contributed by atoms with Crippen molar-refractivity contribution in [3.8, 4) is 11.1 Å². The fourth-order valence-corrected chi connectivity index (χ4v) is 4.15. The quantitative estimate of drug-likeness (QED) is 0.299. The van der Waals surface area contributed by atoms with E-state index in [-0.39, 0.29) is 42.7 Å². The molecule has 0 saturated heterocycles. The number of hydrogen-bond donors (Lipinski definition) is 2. The molecule has 39 heavy (non-hydrogen) atoms. The number of nitrogens with one attached hydrogen (secondary N) is 1. The fraction of sp³-hybridized carbons (Fsp3) is 0.133. The van der Waals surface area contributed by atoms with Crippen LogP contribution >= 0.6 is 0 Å². The van der Waals surface area contributed by atoms with Gasteiger partial charge in [0, 0.05) is 48.7 Å². The van der Waals surface area contributed by atoms with Crippen LogP contribution in [0.25, 0.3) is 11.1 Å². The number of pyridine rings is 1. The van der Waals surface area contributed by atoms with Crippen LogP contribution in [0.2, 0.25) is 0 Å². The number of carbonyl (C=O) groups excluding carboxylic acids is 2. The maximum Gasteiger partial charge on any atom is 0.305 e. The molecule has 0 fully saturated rings. The van der Waals surface area contributed by atoms with Gasteiger partial charge in [0.15, 0.2) is 0 Å². The van der Waals surface area contributed by atoms with Crippen molar-refractivity contribution in [3.63, 3.8) is 0 Å². The average Bonchev–Trinajstić information content (AvgIpc) is 2.95. The van der Waals surface area contributed by atoms with Gasteiger partial charge in [0.2, 0.25) is 0 Å². The van der Waals surface area contributed by atoms with Crippen LogP contribution in [0.4, 0.5) is 8.78 Å². The molecule has 2 amide bonds. The second kappa shape index (κ2) is 12.6. The van der Waals surface area contributed by atoms with Gasteiger partial charge in [0.1, 0.15) is 11.6 Å². The number of carbonyl (C=O) groups is 3. The highest BCUT2D eigenvalue weighted by Crippen LogP contribution is 2.29.